The number of aryl methyl sites for hydroxylation is 3. The van der Waals surface area contributed by atoms with Crippen LogP contribution in [0.2, 0.25) is 0 Å². The summed E-state index contributed by atoms with van der Waals surface area (Å²) in [7, 11) is 0. The van der Waals surface area contributed by atoms with Crippen LogP contribution in [-0.4, -0.2) is 35.9 Å². The molecule has 2 aromatic carbocycles. The Morgan fingerprint density at radius 2 is 1.83 bits per heavy atom. The molecule has 0 radical (unpaired) electrons. The van der Waals surface area contributed by atoms with Crippen molar-refractivity contribution in [3.63, 3.8) is 0 Å². The van der Waals surface area contributed by atoms with Gasteiger partial charge < -0.3 is 14.2 Å². The van der Waals surface area contributed by atoms with Crippen LogP contribution in [0.3, 0.4) is 0 Å². The van der Waals surface area contributed by atoms with E-state index in [1.807, 2.05) is 45.0 Å². The van der Waals surface area contributed by atoms with E-state index in [1.54, 1.807) is 18.2 Å². The Labute approximate surface area is 209 Å². The minimum absolute atomic E-state index is 0.0591. The van der Waals surface area contributed by atoms with Crippen molar-refractivity contribution in [3.05, 3.63) is 63.7 Å². The van der Waals surface area contributed by atoms with Gasteiger partial charge in [0.25, 0.3) is 5.91 Å². The summed E-state index contributed by atoms with van der Waals surface area (Å²) in [5.41, 5.74) is 2.96. The molecule has 1 N–H and O–H groups in total. The topological polar surface area (TPSA) is 106 Å². The summed E-state index contributed by atoms with van der Waals surface area (Å²) in [6.07, 6.45) is 2.22. The quantitative estimate of drug-likeness (QED) is 0.225. The third kappa shape index (κ3) is 7.29. The number of hydrogen-bond acceptors (Lipinski definition) is 8. The fourth-order valence-corrected chi connectivity index (χ4v) is 3.72. The molecule has 9 heteroatoms. The first kappa shape index (κ1) is 25.7. The molecule has 0 aliphatic carbocycles. The second-order valence-corrected chi connectivity index (χ2v) is 8.62. The molecule has 1 amide bonds. The first-order valence-corrected chi connectivity index (χ1v) is 12.1. The maximum absolute atomic E-state index is 12.5. The molecule has 0 aliphatic heterocycles. The normalized spacial score (nSPS) is 11.0. The van der Waals surface area contributed by atoms with Crippen LogP contribution >= 0.6 is 11.3 Å². The van der Waals surface area contributed by atoms with Crippen molar-refractivity contribution in [2.75, 3.05) is 25.1 Å². The average Bonchev–Trinajstić information content (AvgIpc) is 3.31. The van der Waals surface area contributed by atoms with Crippen molar-refractivity contribution < 1.29 is 19.0 Å². The van der Waals surface area contributed by atoms with Gasteiger partial charge in [-0.25, -0.2) is 0 Å². The lowest BCUT2D eigenvalue weighted by atomic mass is 10.1. The molecule has 0 aliphatic rings. The zero-order valence-electron chi connectivity index (χ0n) is 20.3. The predicted octanol–water partition coefficient (Wildman–Crippen LogP) is 5.12. The summed E-state index contributed by atoms with van der Waals surface area (Å²) in [6.45, 7) is 9.07. The van der Waals surface area contributed by atoms with Gasteiger partial charge in [-0.3, -0.25) is 10.1 Å². The zero-order valence-corrected chi connectivity index (χ0v) is 21.1. The molecule has 0 spiro atoms. The van der Waals surface area contributed by atoms with Crippen LogP contribution in [0.25, 0.3) is 6.08 Å². The standard InChI is InChI=1S/C26H28N4O4S/c1-5-24-29-30-26(35-24)28-25(31)20(16-27)14-19-8-10-22(23(15-19)32-6-2)34-12-11-33-21-9-7-17(3)18(4)13-21/h7-10,13-15H,5-6,11-12H2,1-4H3,(H,28,30,31). The van der Waals surface area contributed by atoms with Gasteiger partial charge in [-0.15, -0.1) is 10.2 Å². The highest BCUT2D eigenvalue weighted by Crippen LogP contribution is 2.29. The van der Waals surface area contributed by atoms with Crippen LogP contribution in [0.1, 0.15) is 35.5 Å². The molecule has 1 heterocycles. The van der Waals surface area contributed by atoms with Gasteiger partial charge in [0.1, 0.15) is 35.6 Å². The summed E-state index contributed by atoms with van der Waals surface area (Å²) in [4.78, 5) is 12.5. The Bertz CT molecular complexity index is 1250. The molecule has 0 atom stereocenters. The molecule has 0 unspecified atom stereocenters. The van der Waals surface area contributed by atoms with Crippen LogP contribution in [0, 0.1) is 25.2 Å². The summed E-state index contributed by atoms with van der Waals surface area (Å²) >= 11 is 1.28. The molecule has 3 rings (SSSR count). The van der Waals surface area contributed by atoms with Gasteiger partial charge >= 0.3 is 0 Å². The number of rotatable bonds is 11. The second-order valence-electron chi connectivity index (χ2n) is 7.56. The van der Waals surface area contributed by atoms with Crippen LogP contribution in [0.4, 0.5) is 5.13 Å². The third-order valence-electron chi connectivity index (χ3n) is 5.02. The lowest BCUT2D eigenvalue weighted by Gasteiger charge is -2.13. The minimum Gasteiger partial charge on any atom is -0.490 e. The Balaban J connectivity index is 1.65. The van der Waals surface area contributed by atoms with Gasteiger partial charge in [0.05, 0.1) is 6.61 Å². The van der Waals surface area contributed by atoms with E-state index < -0.39 is 5.91 Å². The summed E-state index contributed by atoms with van der Waals surface area (Å²) < 4.78 is 17.3. The van der Waals surface area contributed by atoms with Crippen LogP contribution < -0.4 is 19.5 Å². The number of amides is 1. The van der Waals surface area contributed by atoms with Crippen LogP contribution in [0.5, 0.6) is 17.2 Å². The first-order valence-electron chi connectivity index (χ1n) is 11.3. The summed E-state index contributed by atoms with van der Waals surface area (Å²) in [5.74, 6) is 1.32. The highest BCUT2D eigenvalue weighted by molar-refractivity contribution is 7.15. The van der Waals surface area contributed by atoms with E-state index in [1.165, 1.54) is 28.5 Å². The molecular formula is C26H28N4O4S. The van der Waals surface area contributed by atoms with E-state index in [0.29, 0.717) is 42.0 Å². The van der Waals surface area contributed by atoms with Gasteiger partial charge in [0, 0.05) is 0 Å². The minimum atomic E-state index is -0.548. The number of ether oxygens (including phenoxy) is 3. The van der Waals surface area contributed by atoms with Crippen molar-refractivity contribution in [3.8, 4) is 23.3 Å². The van der Waals surface area contributed by atoms with E-state index in [4.69, 9.17) is 14.2 Å². The van der Waals surface area contributed by atoms with Crippen LogP contribution in [-0.2, 0) is 11.2 Å². The largest absolute Gasteiger partial charge is 0.490 e. The SMILES string of the molecule is CCOc1cc(C=C(C#N)C(=O)Nc2nnc(CC)s2)ccc1OCCOc1ccc(C)c(C)c1. The maximum atomic E-state index is 12.5. The molecule has 0 bridgehead atoms. The van der Waals surface area contributed by atoms with Crippen molar-refractivity contribution >= 4 is 28.5 Å². The Hall–Kier alpha value is -3.90. The number of carbonyl (C=O) groups is 1. The number of nitrogens with zero attached hydrogens (tertiary/aromatic N) is 3. The highest BCUT2D eigenvalue weighted by atomic mass is 32.1. The lowest BCUT2D eigenvalue weighted by molar-refractivity contribution is -0.112. The van der Waals surface area contributed by atoms with Gasteiger partial charge in [-0.05, 0) is 74.2 Å². The van der Waals surface area contributed by atoms with E-state index >= 15 is 0 Å². The Morgan fingerprint density at radius 1 is 1.03 bits per heavy atom. The predicted molar refractivity (Wildman–Crippen MR) is 136 cm³/mol. The van der Waals surface area contributed by atoms with Crippen molar-refractivity contribution in [2.45, 2.75) is 34.1 Å². The average molecular weight is 493 g/mol. The molecule has 8 nitrogen and oxygen atoms in total. The van der Waals surface area contributed by atoms with Crippen molar-refractivity contribution in [2.24, 2.45) is 0 Å². The summed E-state index contributed by atoms with van der Waals surface area (Å²) in [6, 6.07) is 13.1. The second kappa shape index (κ2) is 12.5. The van der Waals surface area contributed by atoms with Crippen molar-refractivity contribution in [1.29, 1.82) is 5.26 Å². The number of anilines is 1. The van der Waals surface area contributed by atoms with E-state index in [-0.39, 0.29) is 5.57 Å². The van der Waals surface area contributed by atoms with Gasteiger partial charge in [-0.1, -0.05) is 30.4 Å². The maximum Gasteiger partial charge on any atom is 0.268 e. The highest BCUT2D eigenvalue weighted by Gasteiger charge is 2.14. The lowest BCUT2D eigenvalue weighted by Crippen LogP contribution is -2.13. The zero-order chi connectivity index (χ0) is 25.2. The Morgan fingerprint density at radius 3 is 2.51 bits per heavy atom. The fraction of sp³-hybridized carbons (Fsp3) is 0.308. The number of nitriles is 1. The number of carbonyl (C=O) groups excluding carboxylic acids is 1. The van der Waals surface area contributed by atoms with Gasteiger partial charge in [0.2, 0.25) is 5.13 Å². The molecule has 0 saturated heterocycles. The molecule has 182 valence electrons. The first-order chi connectivity index (χ1) is 16.9. The molecule has 0 fully saturated rings. The van der Waals surface area contributed by atoms with Gasteiger partial charge in [0.15, 0.2) is 11.5 Å². The Kier molecular flexibility index (Phi) is 9.21. The number of nitrogens with one attached hydrogen (secondary N) is 1. The van der Waals surface area contributed by atoms with E-state index in [9.17, 15) is 10.1 Å². The number of benzene rings is 2. The third-order valence-corrected chi connectivity index (χ3v) is 6.00. The molecule has 1 aromatic heterocycles. The molecule has 3 aromatic rings. The van der Waals surface area contributed by atoms with Gasteiger partial charge in [-0.2, -0.15) is 5.26 Å². The summed E-state index contributed by atoms with van der Waals surface area (Å²) in [5, 5.41) is 21.2. The van der Waals surface area contributed by atoms with Crippen molar-refractivity contribution in [1.82, 2.24) is 10.2 Å². The van der Waals surface area contributed by atoms with E-state index in [0.717, 1.165) is 17.2 Å². The number of aromatic nitrogens is 2. The van der Waals surface area contributed by atoms with E-state index in [2.05, 4.69) is 22.4 Å². The molecule has 35 heavy (non-hydrogen) atoms. The van der Waals surface area contributed by atoms with Crippen LogP contribution in [0.15, 0.2) is 42.0 Å². The molecular weight excluding hydrogens is 464 g/mol. The number of hydrogen-bond donors (Lipinski definition) is 1. The fourth-order valence-electron chi connectivity index (χ4n) is 3.04. The monoisotopic (exact) mass is 492 g/mol. The molecule has 0 saturated carbocycles. The smallest absolute Gasteiger partial charge is 0.268 e.